The summed E-state index contributed by atoms with van der Waals surface area (Å²) in [6.45, 7) is 10.7. The first-order valence-electron chi connectivity index (χ1n) is 12.4. The number of carbonyl (C=O) groups is 1. The second-order valence-corrected chi connectivity index (χ2v) is 9.04. The molecule has 0 bridgehead atoms. The van der Waals surface area contributed by atoms with Gasteiger partial charge in [0, 0.05) is 42.9 Å². The van der Waals surface area contributed by atoms with Crippen LogP contribution < -0.4 is 10.2 Å². The Kier molecular flexibility index (Phi) is 8.98. The summed E-state index contributed by atoms with van der Waals surface area (Å²) in [5.74, 6) is 1.83. The minimum atomic E-state index is -0.0568. The van der Waals surface area contributed by atoms with Gasteiger partial charge in [-0.3, -0.25) is 4.79 Å². The van der Waals surface area contributed by atoms with Crippen molar-refractivity contribution >= 4 is 11.7 Å². The van der Waals surface area contributed by atoms with Gasteiger partial charge in [0.25, 0.3) is 5.89 Å². The lowest BCUT2D eigenvalue weighted by atomic mass is 9.93. The lowest BCUT2D eigenvalue weighted by Crippen LogP contribution is -2.26. The first-order chi connectivity index (χ1) is 16.8. The number of hydrogen-bond donors (Lipinski definition) is 2. The molecule has 35 heavy (non-hydrogen) atoms. The molecule has 8 nitrogen and oxygen atoms in total. The van der Waals surface area contributed by atoms with Crippen molar-refractivity contribution < 1.29 is 14.4 Å². The Morgan fingerprint density at radius 2 is 1.89 bits per heavy atom. The third-order valence-corrected chi connectivity index (χ3v) is 6.28. The van der Waals surface area contributed by atoms with Gasteiger partial charge < -0.3 is 19.8 Å². The number of aliphatic hydroxyl groups excluding tert-OH is 1. The van der Waals surface area contributed by atoms with Gasteiger partial charge in [0.1, 0.15) is 5.82 Å². The highest BCUT2D eigenvalue weighted by atomic mass is 16.5. The molecule has 2 N–H and O–H groups in total. The maximum atomic E-state index is 12.0. The minimum absolute atomic E-state index is 0.0542. The topological polar surface area (TPSA) is 104 Å². The number of nitrogens with one attached hydrogen (secondary N) is 1. The molecule has 0 spiro atoms. The minimum Gasteiger partial charge on any atom is -0.395 e. The molecule has 0 saturated heterocycles. The molecule has 1 aromatic carbocycles. The number of hydrogen-bond acceptors (Lipinski definition) is 7. The van der Waals surface area contributed by atoms with Crippen LogP contribution in [-0.2, 0) is 24.1 Å². The summed E-state index contributed by atoms with van der Waals surface area (Å²) in [7, 11) is 2.03. The zero-order valence-corrected chi connectivity index (χ0v) is 21.7. The number of benzene rings is 1. The number of rotatable bonds is 11. The summed E-state index contributed by atoms with van der Waals surface area (Å²) in [4.78, 5) is 23.6. The molecular weight excluding hydrogens is 442 g/mol. The number of pyridine rings is 1. The molecule has 2 heterocycles. The molecule has 0 fully saturated rings. The Bertz CT molecular complexity index is 1160. The van der Waals surface area contributed by atoms with E-state index in [-0.39, 0.29) is 19.1 Å². The van der Waals surface area contributed by atoms with E-state index in [4.69, 9.17) is 19.6 Å². The van der Waals surface area contributed by atoms with Crippen molar-refractivity contribution in [2.24, 2.45) is 0 Å². The van der Waals surface area contributed by atoms with Gasteiger partial charge in [-0.1, -0.05) is 19.0 Å². The van der Waals surface area contributed by atoms with Crippen LogP contribution in [0.1, 0.15) is 56.5 Å². The highest BCUT2D eigenvalue weighted by molar-refractivity contribution is 5.76. The van der Waals surface area contributed by atoms with Crippen molar-refractivity contribution in [1.82, 2.24) is 20.4 Å². The van der Waals surface area contributed by atoms with Crippen molar-refractivity contribution in [2.75, 3.05) is 25.1 Å². The van der Waals surface area contributed by atoms with Gasteiger partial charge in [0.05, 0.1) is 6.61 Å². The fourth-order valence-electron chi connectivity index (χ4n) is 3.99. The Morgan fingerprint density at radius 1 is 1.11 bits per heavy atom. The maximum absolute atomic E-state index is 12.0. The van der Waals surface area contributed by atoms with Gasteiger partial charge in [-0.25, -0.2) is 4.98 Å². The van der Waals surface area contributed by atoms with Crippen LogP contribution in [0.3, 0.4) is 0 Å². The average molecular weight is 480 g/mol. The predicted octanol–water partition coefficient (Wildman–Crippen LogP) is 4.12. The summed E-state index contributed by atoms with van der Waals surface area (Å²) in [5.41, 5.74) is 6.16. The standard InChI is InChI=1S/C27H37N5O3/c1-7-19-14-20(13-18(5)23(19)9-10-25(34)28-11-12-33)26-30-27(35-31-26)21-15-22(8-2)29-24(16-21)32(6)17(3)4/h13-17,33H,7-12H2,1-6H3,(H,28,34). The van der Waals surface area contributed by atoms with Crippen LogP contribution in [0.5, 0.6) is 0 Å². The van der Waals surface area contributed by atoms with Crippen LogP contribution in [0, 0.1) is 6.92 Å². The van der Waals surface area contributed by atoms with Crippen molar-refractivity contribution in [2.45, 2.75) is 66.3 Å². The van der Waals surface area contributed by atoms with E-state index in [1.54, 1.807) is 0 Å². The Hall–Kier alpha value is -3.26. The number of carbonyl (C=O) groups excluding carboxylic acids is 1. The first-order valence-corrected chi connectivity index (χ1v) is 12.4. The van der Waals surface area contributed by atoms with Gasteiger partial charge in [0.15, 0.2) is 0 Å². The lowest BCUT2D eigenvalue weighted by molar-refractivity contribution is -0.121. The summed E-state index contributed by atoms with van der Waals surface area (Å²) in [5, 5.41) is 15.9. The molecule has 3 aromatic rings. The fraction of sp³-hybridized carbons (Fsp3) is 0.481. The zero-order valence-electron chi connectivity index (χ0n) is 21.7. The molecule has 0 aliphatic rings. The normalized spacial score (nSPS) is 11.2. The van der Waals surface area contributed by atoms with E-state index >= 15 is 0 Å². The second-order valence-electron chi connectivity index (χ2n) is 9.04. The smallest absolute Gasteiger partial charge is 0.258 e. The van der Waals surface area contributed by atoms with E-state index in [1.807, 2.05) is 19.2 Å². The molecule has 0 radical (unpaired) electrons. The molecule has 1 amide bonds. The van der Waals surface area contributed by atoms with E-state index in [2.05, 4.69) is 62.1 Å². The van der Waals surface area contributed by atoms with Crippen molar-refractivity contribution in [3.8, 4) is 22.8 Å². The van der Waals surface area contributed by atoms with Gasteiger partial charge in [-0.05, 0) is 81.0 Å². The van der Waals surface area contributed by atoms with Gasteiger partial charge >= 0.3 is 0 Å². The van der Waals surface area contributed by atoms with Gasteiger partial charge in [-0.2, -0.15) is 4.98 Å². The Labute approximate surface area is 207 Å². The van der Waals surface area contributed by atoms with Gasteiger partial charge in [0.2, 0.25) is 11.7 Å². The maximum Gasteiger partial charge on any atom is 0.258 e. The number of amides is 1. The molecular formula is C27H37N5O3. The summed E-state index contributed by atoms with van der Waals surface area (Å²) >= 11 is 0. The number of anilines is 1. The predicted molar refractivity (Wildman–Crippen MR) is 138 cm³/mol. The molecule has 0 aliphatic heterocycles. The Balaban J connectivity index is 1.89. The van der Waals surface area contributed by atoms with E-state index in [1.165, 1.54) is 11.1 Å². The van der Waals surface area contributed by atoms with Crippen LogP contribution >= 0.6 is 0 Å². The van der Waals surface area contributed by atoms with E-state index in [0.29, 0.717) is 30.6 Å². The summed E-state index contributed by atoms with van der Waals surface area (Å²) in [6.07, 6.45) is 2.68. The lowest BCUT2D eigenvalue weighted by Gasteiger charge is -2.23. The number of nitrogens with zero attached hydrogens (tertiary/aromatic N) is 4. The molecule has 3 rings (SSSR count). The van der Waals surface area contributed by atoms with E-state index in [9.17, 15) is 4.79 Å². The van der Waals surface area contributed by atoms with Crippen molar-refractivity contribution in [1.29, 1.82) is 0 Å². The highest BCUT2D eigenvalue weighted by Crippen LogP contribution is 2.29. The third kappa shape index (κ3) is 6.45. The van der Waals surface area contributed by atoms with Crippen LogP contribution in [0.25, 0.3) is 22.8 Å². The zero-order chi connectivity index (χ0) is 25.5. The van der Waals surface area contributed by atoms with Crippen LogP contribution in [-0.4, -0.2) is 52.4 Å². The monoisotopic (exact) mass is 479 g/mol. The third-order valence-electron chi connectivity index (χ3n) is 6.28. The molecule has 2 aromatic heterocycles. The largest absolute Gasteiger partial charge is 0.395 e. The number of aromatic nitrogens is 3. The van der Waals surface area contributed by atoms with Crippen molar-refractivity contribution in [3.63, 3.8) is 0 Å². The quantitative estimate of drug-likeness (QED) is 0.426. The molecule has 0 saturated carbocycles. The van der Waals surface area contributed by atoms with E-state index < -0.39 is 0 Å². The first kappa shape index (κ1) is 26.3. The Morgan fingerprint density at radius 3 is 2.54 bits per heavy atom. The van der Waals surface area contributed by atoms with Crippen molar-refractivity contribution in [3.05, 3.63) is 46.6 Å². The van der Waals surface area contributed by atoms with Crippen LogP contribution in [0.2, 0.25) is 0 Å². The van der Waals surface area contributed by atoms with Crippen LogP contribution in [0.4, 0.5) is 5.82 Å². The fourth-order valence-corrected chi connectivity index (χ4v) is 3.99. The average Bonchev–Trinajstić information content (AvgIpc) is 3.35. The van der Waals surface area contributed by atoms with Crippen LogP contribution in [0.15, 0.2) is 28.8 Å². The van der Waals surface area contributed by atoms with E-state index in [0.717, 1.165) is 41.0 Å². The molecule has 0 unspecified atom stereocenters. The highest BCUT2D eigenvalue weighted by Gasteiger charge is 2.17. The summed E-state index contributed by atoms with van der Waals surface area (Å²) in [6, 6.07) is 8.45. The SMILES string of the molecule is CCc1cc(-c2nc(-c3cc(C)c(CCC(=O)NCCO)c(CC)c3)no2)cc(N(C)C(C)C)n1. The summed E-state index contributed by atoms with van der Waals surface area (Å²) < 4.78 is 5.68. The molecule has 8 heteroatoms. The molecule has 0 atom stereocenters. The second kappa shape index (κ2) is 11.9. The number of aryl methyl sites for hydroxylation is 3. The molecule has 188 valence electrons. The molecule has 0 aliphatic carbocycles. The number of aliphatic hydroxyl groups is 1. The van der Waals surface area contributed by atoms with Gasteiger partial charge in [-0.15, -0.1) is 0 Å².